The van der Waals surface area contributed by atoms with Crippen molar-refractivity contribution in [1.82, 2.24) is 9.97 Å². The van der Waals surface area contributed by atoms with Crippen molar-refractivity contribution in [3.63, 3.8) is 0 Å². The zero-order valence-electron chi connectivity index (χ0n) is 11.8. The molecule has 0 spiro atoms. The first kappa shape index (κ1) is 15.8. The Morgan fingerprint density at radius 2 is 1.90 bits per heavy atom. The van der Waals surface area contributed by atoms with E-state index in [-0.39, 0.29) is 0 Å². The molecule has 112 valence electrons. The van der Waals surface area contributed by atoms with Crippen LogP contribution in [0.5, 0.6) is 0 Å². The van der Waals surface area contributed by atoms with Crippen LogP contribution < -0.4 is 16.4 Å². The van der Waals surface area contributed by atoms with Crippen molar-refractivity contribution in [1.29, 1.82) is 0 Å². The lowest BCUT2D eigenvalue weighted by Gasteiger charge is -2.12. The first-order valence-corrected chi connectivity index (χ1v) is 7.64. The van der Waals surface area contributed by atoms with E-state index < -0.39 is 0 Å². The van der Waals surface area contributed by atoms with Crippen molar-refractivity contribution >= 4 is 45.6 Å². The van der Waals surface area contributed by atoms with Gasteiger partial charge >= 0.3 is 0 Å². The maximum Gasteiger partial charge on any atom is 0.159 e. The van der Waals surface area contributed by atoms with Gasteiger partial charge in [0.2, 0.25) is 0 Å². The summed E-state index contributed by atoms with van der Waals surface area (Å²) in [6, 6.07) is 8.00. The third kappa shape index (κ3) is 4.71. The molecule has 0 aliphatic carbocycles. The maximum atomic E-state index is 6.09. The minimum absolute atomic E-state index is 0.508. The number of hydrogen-bond acceptors (Lipinski definition) is 6. The second kappa shape index (κ2) is 7.99. The van der Waals surface area contributed by atoms with Crippen molar-refractivity contribution in [2.45, 2.75) is 6.42 Å². The van der Waals surface area contributed by atoms with E-state index in [4.69, 9.17) is 10.5 Å². The number of nitrogens with one attached hydrogen (secondary N) is 2. The average Bonchev–Trinajstić information content (AvgIpc) is 2.49. The predicted octanol–water partition coefficient (Wildman–Crippen LogP) is 2.86. The molecule has 4 N–H and O–H groups in total. The van der Waals surface area contributed by atoms with Crippen molar-refractivity contribution < 1.29 is 4.74 Å². The second-order valence-corrected chi connectivity index (χ2v) is 5.64. The van der Waals surface area contributed by atoms with Crippen molar-refractivity contribution in [2.75, 3.05) is 36.6 Å². The molecule has 0 amide bonds. The van der Waals surface area contributed by atoms with Gasteiger partial charge in [-0.05, 0) is 53.3 Å². The van der Waals surface area contributed by atoms with Gasteiger partial charge in [0.25, 0.3) is 0 Å². The number of benzene rings is 1. The highest BCUT2D eigenvalue weighted by Gasteiger charge is 2.07. The molecule has 1 aromatic heterocycles. The Bertz CT molecular complexity index is 576. The third-order valence-corrected chi connectivity index (χ3v) is 3.53. The van der Waals surface area contributed by atoms with E-state index in [9.17, 15) is 0 Å². The molecule has 21 heavy (non-hydrogen) atoms. The number of rotatable bonds is 7. The van der Waals surface area contributed by atoms with Crippen LogP contribution in [0.3, 0.4) is 0 Å². The topological polar surface area (TPSA) is 85.1 Å². The summed E-state index contributed by atoms with van der Waals surface area (Å²) in [5.74, 6) is 1.23. The summed E-state index contributed by atoms with van der Waals surface area (Å²) in [4.78, 5) is 8.35. The zero-order chi connectivity index (χ0) is 15.1. The summed E-state index contributed by atoms with van der Waals surface area (Å²) in [5, 5.41) is 6.38. The van der Waals surface area contributed by atoms with Gasteiger partial charge in [0.1, 0.15) is 12.0 Å². The summed E-state index contributed by atoms with van der Waals surface area (Å²) < 4.78 is 6.18. The highest BCUT2D eigenvalue weighted by Crippen LogP contribution is 2.25. The van der Waals surface area contributed by atoms with Gasteiger partial charge in [0, 0.05) is 29.5 Å². The lowest BCUT2D eigenvalue weighted by Crippen LogP contribution is -2.10. The number of anilines is 4. The van der Waals surface area contributed by atoms with Crippen LogP contribution in [0.15, 0.2) is 30.6 Å². The lowest BCUT2D eigenvalue weighted by atomic mass is 10.3. The van der Waals surface area contributed by atoms with Gasteiger partial charge in [-0.2, -0.15) is 0 Å². The lowest BCUT2D eigenvalue weighted by molar-refractivity contribution is 0.198. The SMILES string of the molecule is COCCCNc1ncnc(Nc2ccc(I)cc2)c1N. The van der Waals surface area contributed by atoms with E-state index in [1.165, 1.54) is 9.90 Å². The Labute approximate surface area is 137 Å². The summed E-state index contributed by atoms with van der Waals surface area (Å²) in [5.41, 5.74) is 7.54. The summed E-state index contributed by atoms with van der Waals surface area (Å²) in [6.07, 6.45) is 2.38. The molecular weight excluding hydrogens is 381 g/mol. The van der Waals surface area contributed by atoms with E-state index in [0.717, 1.165) is 18.7 Å². The Hall–Kier alpha value is -1.61. The van der Waals surface area contributed by atoms with Crippen molar-refractivity contribution in [2.24, 2.45) is 0 Å². The Morgan fingerprint density at radius 1 is 1.19 bits per heavy atom. The molecule has 0 saturated heterocycles. The van der Waals surface area contributed by atoms with E-state index in [2.05, 4.69) is 43.2 Å². The molecule has 0 radical (unpaired) electrons. The molecule has 0 fully saturated rings. The Balaban J connectivity index is 2.04. The standard InChI is InChI=1S/C14H18IN5O/c1-21-8-2-7-17-13-12(16)14(19-9-18-13)20-11-5-3-10(15)4-6-11/h3-6,9H,2,7-8,16H2,1H3,(H2,17,18,19,20). The minimum atomic E-state index is 0.508. The number of nitrogens with zero attached hydrogens (tertiary/aromatic N) is 2. The van der Waals surface area contributed by atoms with E-state index in [1.54, 1.807) is 7.11 Å². The monoisotopic (exact) mass is 399 g/mol. The molecule has 0 aliphatic rings. The maximum absolute atomic E-state index is 6.09. The average molecular weight is 399 g/mol. The van der Waals surface area contributed by atoms with Crippen molar-refractivity contribution in [3.8, 4) is 0 Å². The van der Waals surface area contributed by atoms with Gasteiger partial charge in [0.15, 0.2) is 11.6 Å². The number of hydrogen-bond donors (Lipinski definition) is 3. The fourth-order valence-electron chi connectivity index (χ4n) is 1.73. The highest BCUT2D eigenvalue weighted by molar-refractivity contribution is 14.1. The second-order valence-electron chi connectivity index (χ2n) is 4.39. The van der Waals surface area contributed by atoms with Gasteiger partial charge in [0.05, 0.1) is 0 Å². The molecule has 1 heterocycles. The largest absolute Gasteiger partial charge is 0.393 e. The molecule has 2 aromatic rings. The Morgan fingerprint density at radius 3 is 2.62 bits per heavy atom. The van der Waals surface area contributed by atoms with Crippen LogP contribution in [0.1, 0.15) is 6.42 Å². The molecular formula is C14H18IN5O. The van der Waals surface area contributed by atoms with E-state index in [0.29, 0.717) is 23.9 Å². The predicted molar refractivity (Wildman–Crippen MR) is 93.9 cm³/mol. The molecule has 0 bridgehead atoms. The fourth-order valence-corrected chi connectivity index (χ4v) is 2.09. The fraction of sp³-hybridized carbons (Fsp3) is 0.286. The number of methoxy groups -OCH3 is 1. The number of ether oxygens (including phenoxy) is 1. The van der Waals surface area contributed by atoms with E-state index >= 15 is 0 Å². The van der Waals surface area contributed by atoms with Crippen LogP contribution in [0, 0.1) is 3.57 Å². The molecule has 1 aromatic carbocycles. The zero-order valence-corrected chi connectivity index (χ0v) is 13.9. The smallest absolute Gasteiger partial charge is 0.159 e. The molecule has 0 unspecified atom stereocenters. The molecule has 6 nitrogen and oxygen atoms in total. The quantitative estimate of drug-likeness (QED) is 0.491. The molecule has 0 atom stereocenters. The van der Waals surface area contributed by atoms with Crippen LogP contribution in [0.25, 0.3) is 0 Å². The highest BCUT2D eigenvalue weighted by atomic mass is 127. The molecule has 2 rings (SSSR count). The van der Waals surface area contributed by atoms with Gasteiger partial charge in [-0.15, -0.1) is 0 Å². The molecule has 7 heteroatoms. The molecule has 0 aliphatic heterocycles. The van der Waals surface area contributed by atoms with Crippen LogP contribution in [0.4, 0.5) is 23.0 Å². The number of aromatic nitrogens is 2. The van der Waals surface area contributed by atoms with Crippen LogP contribution in [-0.2, 0) is 4.74 Å². The Kier molecular flexibility index (Phi) is 6.00. The summed E-state index contributed by atoms with van der Waals surface area (Å²) in [6.45, 7) is 1.45. The first-order valence-electron chi connectivity index (χ1n) is 6.56. The van der Waals surface area contributed by atoms with Crippen LogP contribution >= 0.6 is 22.6 Å². The van der Waals surface area contributed by atoms with Gasteiger partial charge < -0.3 is 21.1 Å². The van der Waals surface area contributed by atoms with Crippen LogP contribution in [0.2, 0.25) is 0 Å². The van der Waals surface area contributed by atoms with Gasteiger partial charge in [-0.1, -0.05) is 0 Å². The first-order chi connectivity index (χ1) is 10.2. The molecule has 0 saturated carbocycles. The van der Waals surface area contributed by atoms with Gasteiger partial charge in [-0.25, -0.2) is 9.97 Å². The van der Waals surface area contributed by atoms with Crippen molar-refractivity contribution in [3.05, 3.63) is 34.2 Å². The third-order valence-electron chi connectivity index (χ3n) is 2.81. The van der Waals surface area contributed by atoms with E-state index in [1.807, 2.05) is 24.3 Å². The normalized spacial score (nSPS) is 10.4. The summed E-state index contributed by atoms with van der Waals surface area (Å²) >= 11 is 2.26. The van der Waals surface area contributed by atoms with Crippen LogP contribution in [-0.4, -0.2) is 30.2 Å². The number of nitrogen functional groups attached to an aromatic ring is 1. The minimum Gasteiger partial charge on any atom is -0.393 e. The number of halogens is 1. The number of nitrogens with two attached hydrogens (primary N) is 1. The van der Waals surface area contributed by atoms with Gasteiger partial charge in [-0.3, -0.25) is 0 Å². The summed E-state index contributed by atoms with van der Waals surface area (Å²) in [7, 11) is 1.68.